The highest BCUT2D eigenvalue weighted by atomic mass is 35.5. The number of likely N-dealkylation sites (N-methyl/N-ethyl adjacent to an activating group) is 1. The summed E-state index contributed by atoms with van der Waals surface area (Å²) in [5.74, 6) is 0.623. The fourth-order valence-electron chi connectivity index (χ4n) is 2.50. The van der Waals surface area contributed by atoms with Gasteiger partial charge in [0.25, 0.3) is 0 Å². The molecule has 0 atom stereocenters. The largest absolute Gasteiger partial charge is 0.496 e. The number of benzene rings is 2. The molecule has 1 amide bonds. The Hall–Kier alpha value is -2.60. The van der Waals surface area contributed by atoms with Crippen LogP contribution < -0.4 is 4.74 Å². The Morgan fingerprint density at radius 3 is 2.88 bits per heavy atom. The van der Waals surface area contributed by atoms with E-state index in [-0.39, 0.29) is 12.5 Å². The highest BCUT2D eigenvalue weighted by Gasteiger charge is 2.15. The summed E-state index contributed by atoms with van der Waals surface area (Å²) in [4.78, 5) is 14.1. The number of ether oxygens (including phenoxy) is 1. The molecule has 0 unspecified atom stereocenters. The van der Waals surface area contributed by atoms with Gasteiger partial charge in [-0.25, -0.2) is 4.68 Å². The molecule has 3 rings (SSSR count). The van der Waals surface area contributed by atoms with Gasteiger partial charge in [0, 0.05) is 24.2 Å². The van der Waals surface area contributed by atoms with E-state index in [0.717, 1.165) is 16.6 Å². The van der Waals surface area contributed by atoms with E-state index in [1.165, 1.54) is 0 Å². The number of rotatable bonds is 5. The molecule has 2 aromatic carbocycles. The molecule has 0 saturated carbocycles. The first-order valence-electron chi connectivity index (χ1n) is 7.43. The quantitative estimate of drug-likeness (QED) is 0.714. The summed E-state index contributed by atoms with van der Waals surface area (Å²) in [5.41, 5.74) is 2.45. The van der Waals surface area contributed by atoms with Gasteiger partial charge >= 0.3 is 0 Å². The molecular formula is C17H17ClN4O2. The fraction of sp³-hybridized carbons (Fsp3) is 0.235. The van der Waals surface area contributed by atoms with Gasteiger partial charge in [0.2, 0.25) is 5.91 Å². The van der Waals surface area contributed by atoms with Crippen LogP contribution in [0.3, 0.4) is 0 Å². The highest BCUT2D eigenvalue weighted by Crippen LogP contribution is 2.23. The number of fused-ring (bicyclic) bond motifs is 1. The molecule has 0 bridgehead atoms. The molecule has 124 valence electrons. The Balaban J connectivity index is 1.74. The first-order valence-corrected chi connectivity index (χ1v) is 7.81. The van der Waals surface area contributed by atoms with Crippen molar-refractivity contribution in [3.05, 3.63) is 53.1 Å². The average molecular weight is 345 g/mol. The van der Waals surface area contributed by atoms with Crippen molar-refractivity contribution >= 4 is 28.5 Å². The lowest BCUT2D eigenvalue weighted by Gasteiger charge is -2.19. The monoisotopic (exact) mass is 344 g/mol. The van der Waals surface area contributed by atoms with E-state index in [0.29, 0.717) is 17.3 Å². The van der Waals surface area contributed by atoms with Gasteiger partial charge in [-0.1, -0.05) is 28.9 Å². The smallest absolute Gasteiger partial charge is 0.244 e. The fourth-order valence-corrected chi connectivity index (χ4v) is 2.69. The molecule has 7 heteroatoms. The van der Waals surface area contributed by atoms with Crippen LogP contribution in [0.2, 0.25) is 5.02 Å². The standard InChI is InChI=1S/C17H17ClN4O2/c1-21(10-12-9-13(18)7-8-16(12)24-2)17(23)11-22-15-6-4-3-5-14(15)19-20-22/h3-9H,10-11H2,1-2H3. The minimum absolute atomic E-state index is 0.0762. The first-order chi connectivity index (χ1) is 11.6. The minimum Gasteiger partial charge on any atom is -0.496 e. The molecule has 0 N–H and O–H groups in total. The Morgan fingerprint density at radius 2 is 2.08 bits per heavy atom. The number of carbonyl (C=O) groups is 1. The van der Waals surface area contributed by atoms with E-state index in [2.05, 4.69) is 10.3 Å². The maximum absolute atomic E-state index is 12.5. The van der Waals surface area contributed by atoms with Gasteiger partial charge in [-0.15, -0.1) is 5.10 Å². The summed E-state index contributed by atoms with van der Waals surface area (Å²) < 4.78 is 6.92. The van der Waals surface area contributed by atoms with Crippen LogP contribution in [0.1, 0.15) is 5.56 Å². The summed E-state index contributed by atoms with van der Waals surface area (Å²) in [6, 6.07) is 12.9. The van der Waals surface area contributed by atoms with Crippen molar-refractivity contribution in [1.82, 2.24) is 19.9 Å². The van der Waals surface area contributed by atoms with Crippen LogP contribution in [0, 0.1) is 0 Å². The molecule has 0 radical (unpaired) electrons. The van der Waals surface area contributed by atoms with Crippen molar-refractivity contribution in [2.24, 2.45) is 0 Å². The van der Waals surface area contributed by atoms with E-state index >= 15 is 0 Å². The molecule has 6 nitrogen and oxygen atoms in total. The Kier molecular flexibility index (Phi) is 4.66. The third-order valence-electron chi connectivity index (χ3n) is 3.78. The van der Waals surface area contributed by atoms with Crippen LogP contribution >= 0.6 is 11.6 Å². The molecule has 0 aliphatic heterocycles. The van der Waals surface area contributed by atoms with Gasteiger partial charge in [0.05, 0.1) is 12.6 Å². The first kappa shape index (κ1) is 16.3. The molecule has 0 aliphatic carbocycles. The van der Waals surface area contributed by atoms with Crippen LogP contribution in [-0.4, -0.2) is 40.0 Å². The topological polar surface area (TPSA) is 60.2 Å². The maximum atomic E-state index is 12.5. The number of methoxy groups -OCH3 is 1. The van der Waals surface area contributed by atoms with Crippen molar-refractivity contribution in [3.8, 4) is 5.75 Å². The number of hydrogen-bond acceptors (Lipinski definition) is 4. The van der Waals surface area contributed by atoms with Gasteiger partial charge in [-0.2, -0.15) is 0 Å². The SMILES string of the molecule is COc1ccc(Cl)cc1CN(C)C(=O)Cn1nnc2ccccc21. The molecule has 0 fully saturated rings. The van der Waals surface area contributed by atoms with E-state index in [9.17, 15) is 4.79 Å². The van der Waals surface area contributed by atoms with E-state index in [1.807, 2.05) is 24.3 Å². The summed E-state index contributed by atoms with van der Waals surface area (Å²) in [6.07, 6.45) is 0. The van der Waals surface area contributed by atoms with Crippen molar-refractivity contribution in [3.63, 3.8) is 0 Å². The second-order valence-corrected chi connectivity index (χ2v) is 5.88. The van der Waals surface area contributed by atoms with E-state index < -0.39 is 0 Å². The molecule has 24 heavy (non-hydrogen) atoms. The summed E-state index contributed by atoms with van der Waals surface area (Å²) in [6.45, 7) is 0.523. The van der Waals surface area contributed by atoms with Gasteiger partial charge in [0.15, 0.2) is 0 Å². The lowest BCUT2D eigenvalue weighted by molar-refractivity contribution is -0.131. The molecule has 1 heterocycles. The maximum Gasteiger partial charge on any atom is 0.244 e. The van der Waals surface area contributed by atoms with Gasteiger partial charge in [-0.3, -0.25) is 4.79 Å². The second kappa shape index (κ2) is 6.88. The van der Waals surface area contributed by atoms with Crippen molar-refractivity contribution in [2.75, 3.05) is 14.2 Å². The number of carbonyl (C=O) groups excluding carboxylic acids is 1. The zero-order chi connectivity index (χ0) is 17.1. The van der Waals surface area contributed by atoms with Gasteiger partial charge < -0.3 is 9.64 Å². The number of amides is 1. The van der Waals surface area contributed by atoms with Crippen LogP contribution in [0.15, 0.2) is 42.5 Å². The van der Waals surface area contributed by atoms with Gasteiger partial charge in [0.1, 0.15) is 17.8 Å². The van der Waals surface area contributed by atoms with E-state index in [4.69, 9.17) is 16.3 Å². The van der Waals surface area contributed by atoms with Gasteiger partial charge in [-0.05, 0) is 30.3 Å². The van der Waals surface area contributed by atoms with Crippen LogP contribution in [0.25, 0.3) is 11.0 Å². The molecular weight excluding hydrogens is 328 g/mol. The average Bonchev–Trinajstić information content (AvgIpc) is 2.98. The predicted molar refractivity (Wildman–Crippen MR) is 92.0 cm³/mol. The van der Waals surface area contributed by atoms with Crippen LogP contribution in [0.5, 0.6) is 5.75 Å². The summed E-state index contributed by atoms with van der Waals surface area (Å²) in [7, 11) is 3.33. The van der Waals surface area contributed by atoms with Crippen LogP contribution in [-0.2, 0) is 17.9 Å². The van der Waals surface area contributed by atoms with E-state index in [1.54, 1.807) is 41.9 Å². The number of nitrogens with zero attached hydrogens (tertiary/aromatic N) is 4. The zero-order valence-corrected chi connectivity index (χ0v) is 14.2. The molecule has 0 aliphatic rings. The third kappa shape index (κ3) is 3.33. The number of hydrogen-bond donors (Lipinski definition) is 0. The molecule has 0 spiro atoms. The van der Waals surface area contributed by atoms with Crippen molar-refractivity contribution in [1.29, 1.82) is 0 Å². The summed E-state index contributed by atoms with van der Waals surface area (Å²) >= 11 is 6.04. The molecule has 3 aromatic rings. The zero-order valence-electron chi connectivity index (χ0n) is 13.4. The van der Waals surface area contributed by atoms with Crippen LogP contribution in [0.4, 0.5) is 0 Å². The number of aromatic nitrogens is 3. The Labute approximate surface area is 144 Å². The number of para-hydroxylation sites is 1. The Morgan fingerprint density at radius 1 is 1.29 bits per heavy atom. The van der Waals surface area contributed by atoms with Crippen molar-refractivity contribution < 1.29 is 9.53 Å². The lowest BCUT2D eigenvalue weighted by Crippen LogP contribution is -2.30. The lowest BCUT2D eigenvalue weighted by atomic mass is 10.2. The summed E-state index contributed by atoms with van der Waals surface area (Å²) in [5, 5.41) is 8.71. The van der Waals surface area contributed by atoms with Crippen molar-refractivity contribution in [2.45, 2.75) is 13.1 Å². The predicted octanol–water partition coefficient (Wildman–Crippen LogP) is 2.75. The Bertz CT molecular complexity index is 878. The molecule has 1 aromatic heterocycles. The minimum atomic E-state index is -0.0762. The highest BCUT2D eigenvalue weighted by molar-refractivity contribution is 6.30. The number of halogens is 1. The third-order valence-corrected chi connectivity index (χ3v) is 4.02. The second-order valence-electron chi connectivity index (χ2n) is 5.44. The molecule has 0 saturated heterocycles. The normalized spacial score (nSPS) is 10.8.